The van der Waals surface area contributed by atoms with Gasteiger partial charge in [-0.15, -0.1) is 0 Å². The maximum absolute atomic E-state index is 11.0. The Labute approximate surface area is 181 Å². The molecular weight excluding hydrogens is 376 g/mol. The summed E-state index contributed by atoms with van der Waals surface area (Å²) in [6, 6.07) is 0. The summed E-state index contributed by atoms with van der Waals surface area (Å²) in [5.41, 5.74) is 3.90. The summed E-state index contributed by atoms with van der Waals surface area (Å²) >= 11 is 0. The first-order valence-corrected chi connectivity index (χ1v) is 11.9. The van der Waals surface area contributed by atoms with Crippen LogP contribution in [0.15, 0.2) is 34.9 Å². The van der Waals surface area contributed by atoms with Crippen molar-refractivity contribution in [2.45, 2.75) is 91.1 Å². The van der Waals surface area contributed by atoms with E-state index >= 15 is 0 Å². The molecule has 0 heterocycles. The van der Waals surface area contributed by atoms with Gasteiger partial charge in [0.2, 0.25) is 0 Å². The number of hydrogen-bond acceptors (Lipinski definition) is 4. The van der Waals surface area contributed by atoms with E-state index in [1.54, 1.807) is 0 Å². The summed E-state index contributed by atoms with van der Waals surface area (Å²) in [5.74, 6) is 0.994. The Morgan fingerprint density at radius 1 is 1.13 bits per heavy atom. The van der Waals surface area contributed by atoms with E-state index in [-0.39, 0.29) is 22.9 Å². The minimum absolute atomic E-state index is 0.00579. The molecule has 0 aliphatic heterocycles. The Morgan fingerprint density at radius 2 is 1.87 bits per heavy atom. The van der Waals surface area contributed by atoms with Crippen molar-refractivity contribution in [1.29, 1.82) is 0 Å². The molecule has 0 radical (unpaired) electrons. The standard InChI is InChI=1S/C26H40O4/c1-15(2)23(28)14-30-16(3)20-8-9-21-19-7-6-17-12-18(27)13-24(29)26(17,5)22(19)10-11-25(20,21)4/h6-8,15-16,18,21-24,27-29H,9-14H2,1-5H3/t16?,18-,21+,22+,23-,24+,25-,26+/m1/s1. The lowest BCUT2D eigenvalue weighted by Crippen LogP contribution is -2.52. The van der Waals surface area contributed by atoms with E-state index in [9.17, 15) is 15.3 Å². The summed E-state index contributed by atoms with van der Waals surface area (Å²) in [4.78, 5) is 0. The molecule has 2 fully saturated rings. The van der Waals surface area contributed by atoms with Crippen molar-refractivity contribution < 1.29 is 20.1 Å². The maximum Gasteiger partial charge on any atom is 0.0796 e. The van der Waals surface area contributed by atoms with E-state index in [0.29, 0.717) is 31.3 Å². The van der Waals surface area contributed by atoms with Gasteiger partial charge in [-0.2, -0.15) is 0 Å². The molecule has 4 nitrogen and oxygen atoms in total. The van der Waals surface area contributed by atoms with Gasteiger partial charge >= 0.3 is 0 Å². The quantitative estimate of drug-likeness (QED) is 0.589. The molecule has 1 unspecified atom stereocenters. The average molecular weight is 417 g/mol. The summed E-state index contributed by atoms with van der Waals surface area (Å²) in [6.07, 6.45) is 9.86. The van der Waals surface area contributed by atoms with E-state index < -0.39 is 18.3 Å². The molecule has 8 atom stereocenters. The van der Waals surface area contributed by atoms with Gasteiger partial charge in [-0.3, -0.25) is 0 Å². The number of allylic oxidation sites excluding steroid dienone is 4. The fourth-order valence-corrected chi connectivity index (χ4v) is 6.82. The average Bonchev–Trinajstić information content (AvgIpc) is 3.04. The SMILES string of the molecule is CC(OC[C@@H](O)C(C)C)C1=CC[C@H]2C3=CC=C4C[C@@H](O)C[C@H](O)[C@]4(C)[C@H]3CC[C@]12C. The molecule has 0 bridgehead atoms. The lowest BCUT2D eigenvalue weighted by Gasteiger charge is -2.56. The van der Waals surface area contributed by atoms with Crippen LogP contribution in [0, 0.1) is 28.6 Å². The maximum atomic E-state index is 11.0. The topological polar surface area (TPSA) is 69.9 Å². The van der Waals surface area contributed by atoms with Crippen LogP contribution in [-0.4, -0.2) is 46.3 Å². The second kappa shape index (κ2) is 7.88. The summed E-state index contributed by atoms with van der Waals surface area (Å²) in [7, 11) is 0. The van der Waals surface area contributed by atoms with Crippen molar-refractivity contribution >= 4 is 0 Å². The molecular formula is C26H40O4. The van der Waals surface area contributed by atoms with Crippen LogP contribution in [0.25, 0.3) is 0 Å². The van der Waals surface area contributed by atoms with Crippen molar-refractivity contribution in [3.8, 4) is 0 Å². The van der Waals surface area contributed by atoms with Gasteiger partial charge in [-0.05, 0) is 61.3 Å². The van der Waals surface area contributed by atoms with Gasteiger partial charge in [-0.1, -0.05) is 57.1 Å². The molecule has 168 valence electrons. The fraction of sp³-hybridized carbons (Fsp3) is 0.769. The van der Waals surface area contributed by atoms with Crippen molar-refractivity contribution in [3.63, 3.8) is 0 Å². The molecule has 0 saturated heterocycles. The van der Waals surface area contributed by atoms with Crippen LogP contribution in [0.2, 0.25) is 0 Å². The minimum atomic E-state index is -0.487. The number of aliphatic hydroxyl groups excluding tert-OH is 3. The van der Waals surface area contributed by atoms with Crippen LogP contribution in [0.1, 0.15) is 66.7 Å². The Kier molecular flexibility index (Phi) is 5.85. The third kappa shape index (κ3) is 3.35. The van der Waals surface area contributed by atoms with E-state index in [0.717, 1.165) is 19.3 Å². The van der Waals surface area contributed by atoms with Gasteiger partial charge in [0.1, 0.15) is 0 Å². The summed E-state index contributed by atoms with van der Waals surface area (Å²) in [5, 5.41) is 31.3. The van der Waals surface area contributed by atoms with Gasteiger partial charge in [0.15, 0.2) is 0 Å². The highest BCUT2D eigenvalue weighted by atomic mass is 16.5. The van der Waals surface area contributed by atoms with E-state index in [1.165, 1.54) is 16.7 Å². The van der Waals surface area contributed by atoms with Crippen molar-refractivity contribution in [2.75, 3.05) is 6.61 Å². The predicted octanol–water partition coefficient (Wildman–Crippen LogP) is 4.16. The Hall–Kier alpha value is -0.940. The Bertz CT molecular complexity index is 765. The van der Waals surface area contributed by atoms with E-state index in [2.05, 4.69) is 39.0 Å². The lowest BCUT2D eigenvalue weighted by atomic mass is 9.49. The van der Waals surface area contributed by atoms with Crippen LogP contribution in [0.5, 0.6) is 0 Å². The first-order chi connectivity index (χ1) is 14.1. The largest absolute Gasteiger partial charge is 0.393 e. The highest BCUT2D eigenvalue weighted by Gasteiger charge is 2.57. The number of hydrogen-bond donors (Lipinski definition) is 3. The van der Waals surface area contributed by atoms with Gasteiger partial charge in [0.05, 0.1) is 31.0 Å². The zero-order valence-electron chi connectivity index (χ0n) is 19.3. The first-order valence-electron chi connectivity index (χ1n) is 11.9. The summed E-state index contributed by atoms with van der Waals surface area (Å²) < 4.78 is 6.12. The predicted molar refractivity (Wildman–Crippen MR) is 119 cm³/mol. The zero-order chi connectivity index (χ0) is 21.8. The first kappa shape index (κ1) is 22.3. The highest BCUT2D eigenvalue weighted by molar-refractivity contribution is 5.43. The number of aliphatic hydroxyl groups is 3. The van der Waals surface area contributed by atoms with E-state index in [1.807, 2.05) is 13.8 Å². The van der Waals surface area contributed by atoms with E-state index in [4.69, 9.17) is 4.74 Å². The van der Waals surface area contributed by atoms with Gasteiger partial charge in [0, 0.05) is 11.8 Å². The van der Waals surface area contributed by atoms with Crippen LogP contribution in [0.4, 0.5) is 0 Å². The second-order valence-electron chi connectivity index (χ2n) is 11.0. The molecule has 0 aromatic carbocycles. The summed E-state index contributed by atoms with van der Waals surface area (Å²) in [6.45, 7) is 11.1. The number of rotatable bonds is 5. The molecule has 4 rings (SSSR count). The van der Waals surface area contributed by atoms with Crippen molar-refractivity contribution in [2.24, 2.45) is 28.6 Å². The molecule has 0 spiro atoms. The monoisotopic (exact) mass is 416 g/mol. The molecule has 0 aromatic rings. The number of fused-ring (bicyclic) bond motifs is 5. The normalized spacial score (nSPS) is 42.5. The molecule has 0 amide bonds. The molecule has 30 heavy (non-hydrogen) atoms. The van der Waals surface area contributed by atoms with Crippen LogP contribution >= 0.6 is 0 Å². The van der Waals surface area contributed by atoms with Crippen molar-refractivity contribution in [1.82, 2.24) is 0 Å². The minimum Gasteiger partial charge on any atom is -0.393 e. The molecule has 4 heteroatoms. The molecule has 2 saturated carbocycles. The zero-order valence-corrected chi connectivity index (χ0v) is 19.3. The lowest BCUT2D eigenvalue weighted by molar-refractivity contribution is -0.0514. The third-order valence-corrected chi connectivity index (χ3v) is 9.02. The molecule has 4 aliphatic rings. The number of ether oxygens (including phenoxy) is 1. The van der Waals surface area contributed by atoms with Crippen LogP contribution in [0.3, 0.4) is 0 Å². The van der Waals surface area contributed by atoms with Gasteiger partial charge in [0.25, 0.3) is 0 Å². The molecule has 4 aliphatic carbocycles. The second-order valence-corrected chi connectivity index (χ2v) is 11.0. The third-order valence-electron chi connectivity index (χ3n) is 9.02. The van der Waals surface area contributed by atoms with Crippen molar-refractivity contribution in [3.05, 3.63) is 34.9 Å². The smallest absolute Gasteiger partial charge is 0.0796 e. The highest BCUT2D eigenvalue weighted by Crippen LogP contribution is 2.64. The van der Waals surface area contributed by atoms with Gasteiger partial charge in [-0.25, -0.2) is 0 Å². The Morgan fingerprint density at radius 3 is 2.57 bits per heavy atom. The van der Waals surface area contributed by atoms with Gasteiger partial charge < -0.3 is 20.1 Å². The molecule has 3 N–H and O–H groups in total. The molecule has 0 aromatic heterocycles. The fourth-order valence-electron chi connectivity index (χ4n) is 6.82. The van der Waals surface area contributed by atoms with Crippen LogP contribution < -0.4 is 0 Å². The Balaban J connectivity index is 1.56. The van der Waals surface area contributed by atoms with Crippen LogP contribution in [-0.2, 0) is 4.74 Å².